The molecule has 0 atom stereocenters. The molecule has 1 nitrogen and oxygen atoms in total. The molecule has 0 aliphatic rings. The highest BCUT2D eigenvalue weighted by Gasteiger charge is 2.15. The topological polar surface area (TPSA) is 4.93 Å². The van der Waals surface area contributed by atoms with Gasteiger partial charge in [-0.15, -0.1) is 0 Å². The van der Waals surface area contributed by atoms with Gasteiger partial charge in [0, 0.05) is 16.5 Å². The first-order chi connectivity index (χ1) is 18.8. The molecule has 1 aromatic heterocycles. The first kappa shape index (κ1) is 22.3. The number of rotatable bonds is 4. The van der Waals surface area contributed by atoms with Gasteiger partial charge < -0.3 is 4.57 Å². The molecule has 38 heavy (non-hydrogen) atoms. The molecule has 0 radical (unpaired) electrons. The minimum absolute atomic E-state index is 1.17. The normalized spacial score (nSPS) is 11.3. The van der Waals surface area contributed by atoms with Gasteiger partial charge in [0.05, 0.1) is 11.0 Å². The van der Waals surface area contributed by atoms with E-state index in [-0.39, 0.29) is 0 Å². The summed E-state index contributed by atoms with van der Waals surface area (Å²) in [6.07, 6.45) is 0. The standard InChI is InChI=1S/C37H27N/c1-26-10-9-13-29(24-26)32-14-5-6-15-33(32)30-20-23-35-34-16-7-8-17-36(34)38(37(35)25-30)31-21-18-28(19-22-31)27-11-3-2-4-12-27/h2-25H,1H3. The van der Waals surface area contributed by atoms with Gasteiger partial charge >= 0.3 is 0 Å². The Morgan fingerprint density at radius 1 is 0.395 bits per heavy atom. The summed E-state index contributed by atoms with van der Waals surface area (Å²) < 4.78 is 2.40. The van der Waals surface area contributed by atoms with Gasteiger partial charge in [0.25, 0.3) is 0 Å². The Balaban J connectivity index is 1.42. The van der Waals surface area contributed by atoms with Crippen LogP contribution in [0, 0.1) is 6.92 Å². The second-order valence-electron chi connectivity index (χ2n) is 9.91. The maximum absolute atomic E-state index is 2.40. The highest BCUT2D eigenvalue weighted by atomic mass is 15.0. The molecule has 180 valence electrons. The molecule has 0 bridgehead atoms. The summed E-state index contributed by atoms with van der Waals surface area (Å²) in [6, 6.07) is 52.6. The largest absolute Gasteiger partial charge is 0.309 e. The van der Waals surface area contributed by atoms with Crippen LogP contribution in [0.1, 0.15) is 5.56 Å². The number of hydrogen-bond acceptors (Lipinski definition) is 0. The lowest BCUT2D eigenvalue weighted by Crippen LogP contribution is -1.94. The molecular weight excluding hydrogens is 458 g/mol. The zero-order valence-corrected chi connectivity index (χ0v) is 21.3. The van der Waals surface area contributed by atoms with Crippen molar-refractivity contribution in [1.82, 2.24) is 4.57 Å². The fourth-order valence-corrected chi connectivity index (χ4v) is 5.65. The van der Waals surface area contributed by atoms with E-state index in [0.29, 0.717) is 0 Å². The van der Waals surface area contributed by atoms with Crippen molar-refractivity contribution in [2.45, 2.75) is 6.92 Å². The van der Waals surface area contributed by atoms with Crippen LogP contribution in [0.2, 0.25) is 0 Å². The predicted molar refractivity (Wildman–Crippen MR) is 162 cm³/mol. The van der Waals surface area contributed by atoms with Gasteiger partial charge in [-0.2, -0.15) is 0 Å². The van der Waals surface area contributed by atoms with Crippen LogP contribution in [0.25, 0.3) is 60.9 Å². The summed E-state index contributed by atoms with van der Waals surface area (Å²) >= 11 is 0. The van der Waals surface area contributed by atoms with Crippen LogP contribution >= 0.6 is 0 Å². The van der Waals surface area contributed by atoms with Gasteiger partial charge in [-0.3, -0.25) is 0 Å². The van der Waals surface area contributed by atoms with Gasteiger partial charge in [0.15, 0.2) is 0 Å². The maximum atomic E-state index is 2.40. The molecule has 0 unspecified atom stereocenters. The Morgan fingerprint density at radius 2 is 0.974 bits per heavy atom. The van der Waals surface area contributed by atoms with E-state index in [9.17, 15) is 0 Å². The summed E-state index contributed by atoms with van der Waals surface area (Å²) in [4.78, 5) is 0. The Hall–Kier alpha value is -4.88. The van der Waals surface area contributed by atoms with Crippen LogP contribution in [0.3, 0.4) is 0 Å². The number of fused-ring (bicyclic) bond motifs is 3. The van der Waals surface area contributed by atoms with E-state index in [1.807, 2.05) is 0 Å². The molecule has 0 N–H and O–H groups in total. The van der Waals surface area contributed by atoms with Crippen molar-refractivity contribution in [1.29, 1.82) is 0 Å². The summed E-state index contributed by atoms with van der Waals surface area (Å²) in [7, 11) is 0. The van der Waals surface area contributed by atoms with Crippen molar-refractivity contribution in [3.63, 3.8) is 0 Å². The van der Waals surface area contributed by atoms with Crippen LogP contribution in [0.5, 0.6) is 0 Å². The number of aromatic nitrogens is 1. The molecule has 0 saturated carbocycles. The molecule has 0 aliphatic heterocycles. The predicted octanol–water partition coefficient (Wildman–Crippen LogP) is 10.1. The van der Waals surface area contributed by atoms with Gasteiger partial charge in [-0.25, -0.2) is 0 Å². The molecular formula is C37H27N. The lowest BCUT2D eigenvalue weighted by atomic mass is 9.93. The zero-order valence-electron chi connectivity index (χ0n) is 21.3. The Bertz CT molecular complexity index is 1910. The third kappa shape index (κ3) is 3.81. The fourth-order valence-electron chi connectivity index (χ4n) is 5.65. The van der Waals surface area contributed by atoms with E-state index in [2.05, 4.69) is 157 Å². The van der Waals surface area contributed by atoms with E-state index in [1.54, 1.807) is 0 Å². The summed E-state index contributed by atoms with van der Waals surface area (Å²) in [6.45, 7) is 2.15. The summed E-state index contributed by atoms with van der Waals surface area (Å²) in [5.41, 5.74) is 12.3. The SMILES string of the molecule is Cc1cccc(-c2ccccc2-c2ccc3c4ccccc4n(-c4ccc(-c5ccccc5)cc4)c3c2)c1. The number of hydrogen-bond donors (Lipinski definition) is 0. The van der Waals surface area contributed by atoms with Crippen molar-refractivity contribution in [2.24, 2.45) is 0 Å². The summed E-state index contributed by atoms with van der Waals surface area (Å²) in [5, 5.41) is 2.54. The van der Waals surface area contributed by atoms with Crippen molar-refractivity contribution in [3.05, 3.63) is 151 Å². The Kier molecular flexibility index (Phi) is 5.41. The van der Waals surface area contributed by atoms with Crippen molar-refractivity contribution in [3.8, 4) is 39.1 Å². The van der Waals surface area contributed by atoms with Gasteiger partial charge in [0.1, 0.15) is 0 Å². The van der Waals surface area contributed by atoms with Gasteiger partial charge in [-0.05, 0) is 64.6 Å². The summed E-state index contributed by atoms with van der Waals surface area (Å²) in [5.74, 6) is 0. The zero-order chi connectivity index (χ0) is 25.5. The molecule has 7 aromatic rings. The van der Waals surface area contributed by atoms with E-state index in [1.165, 1.54) is 66.4 Å². The number of aryl methyl sites for hydroxylation is 1. The highest BCUT2D eigenvalue weighted by molar-refractivity contribution is 6.10. The van der Waals surface area contributed by atoms with E-state index < -0.39 is 0 Å². The molecule has 1 heteroatoms. The second-order valence-corrected chi connectivity index (χ2v) is 9.91. The van der Waals surface area contributed by atoms with E-state index in [0.717, 1.165) is 0 Å². The Labute approximate surface area is 223 Å². The maximum Gasteiger partial charge on any atom is 0.0547 e. The van der Waals surface area contributed by atoms with Crippen molar-refractivity contribution < 1.29 is 0 Å². The van der Waals surface area contributed by atoms with Crippen LogP contribution < -0.4 is 0 Å². The molecule has 7 rings (SSSR count). The molecule has 0 aliphatic carbocycles. The van der Waals surface area contributed by atoms with Crippen molar-refractivity contribution in [2.75, 3.05) is 0 Å². The lowest BCUT2D eigenvalue weighted by Gasteiger charge is -2.13. The van der Waals surface area contributed by atoms with Gasteiger partial charge in [0.2, 0.25) is 0 Å². The first-order valence-electron chi connectivity index (χ1n) is 13.1. The monoisotopic (exact) mass is 485 g/mol. The van der Waals surface area contributed by atoms with Crippen LogP contribution in [0.15, 0.2) is 146 Å². The second kappa shape index (κ2) is 9.21. The average molecular weight is 486 g/mol. The molecule has 1 heterocycles. The Morgan fingerprint density at radius 3 is 1.74 bits per heavy atom. The van der Waals surface area contributed by atoms with E-state index >= 15 is 0 Å². The fraction of sp³-hybridized carbons (Fsp3) is 0.0270. The molecule has 0 fully saturated rings. The van der Waals surface area contributed by atoms with E-state index in [4.69, 9.17) is 0 Å². The number of benzene rings is 6. The molecule has 0 spiro atoms. The number of nitrogens with zero attached hydrogens (tertiary/aromatic N) is 1. The highest BCUT2D eigenvalue weighted by Crippen LogP contribution is 2.38. The van der Waals surface area contributed by atoms with Crippen LogP contribution in [-0.4, -0.2) is 4.57 Å². The average Bonchev–Trinajstić information content (AvgIpc) is 3.31. The molecule has 0 saturated heterocycles. The number of para-hydroxylation sites is 1. The lowest BCUT2D eigenvalue weighted by molar-refractivity contribution is 1.18. The first-order valence-corrected chi connectivity index (χ1v) is 13.1. The molecule has 0 amide bonds. The smallest absolute Gasteiger partial charge is 0.0547 e. The van der Waals surface area contributed by atoms with Crippen LogP contribution in [0.4, 0.5) is 0 Å². The van der Waals surface area contributed by atoms with Gasteiger partial charge in [-0.1, -0.05) is 127 Å². The molecule has 6 aromatic carbocycles. The quantitative estimate of drug-likeness (QED) is 0.234. The minimum atomic E-state index is 1.17. The van der Waals surface area contributed by atoms with Crippen molar-refractivity contribution >= 4 is 21.8 Å². The third-order valence-corrected chi connectivity index (χ3v) is 7.47. The minimum Gasteiger partial charge on any atom is -0.309 e. The third-order valence-electron chi connectivity index (χ3n) is 7.47. The van der Waals surface area contributed by atoms with Crippen LogP contribution in [-0.2, 0) is 0 Å².